The molecule has 1 atom stereocenters. The van der Waals surface area contributed by atoms with E-state index in [4.69, 9.17) is 9.47 Å². The number of nitrogens with zero attached hydrogens (tertiary/aromatic N) is 2. The molecule has 134 valence electrons. The highest BCUT2D eigenvalue weighted by molar-refractivity contribution is 5.92. The van der Waals surface area contributed by atoms with Crippen molar-refractivity contribution in [2.75, 3.05) is 25.6 Å². The van der Waals surface area contributed by atoms with Crippen molar-refractivity contribution in [1.29, 1.82) is 0 Å². The van der Waals surface area contributed by atoms with E-state index < -0.39 is 0 Å². The van der Waals surface area contributed by atoms with Gasteiger partial charge in [-0.2, -0.15) is 5.10 Å². The second-order valence-corrected chi connectivity index (χ2v) is 6.13. The van der Waals surface area contributed by atoms with Gasteiger partial charge in [-0.3, -0.25) is 4.68 Å². The zero-order valence-corrected chi connectivity index (χ0v) is 14.4. The molecule has 1 aliphatic heterocycles. The van der Waals surface area contributed by atoms with E-state index in [0.29, 0.717) is 25.4 Å². The summed E-state index contributed by atoms with van der Waals surface area (Å²) >= 11 is 0. The fourth-order valence-corrected chi connectivity index (χ4v) is 3.11. The highest BCUT2D eigenvalue weighted by atomic mass is 16.5. The summed E-state index contributed by atoms with van der Waals surface area (Å²) in [4.78, 5) is 12.4. The highest BCUT2D eigenvalue weighted by Crippen LogP contribution is 2.31. The number of urea groups is 1. The van der Waals surface area contributed by atoms with Gasteiger partial charge in [0, 0.05) is 23.7 Å². The van der Waals surface area contributed by atoms with Gasteiger partial charge in [0.15, 0.2) is 0 Å². The van der Waals surface area contributed by atoms with Crippen LogP contribution >= 0.6 is 0 Å². The first kappa shape index (κ1) is 16.4. The number of benzene rings is 2. The monoisotopic (exact) mass is 352 g/mol. The van der Waals surface area contributed by atoms with Crippen molar-refractivity contribution >= 4 is 22.6 Å². The summed E-state index contributed by atoms with van der Waals surface area (Å²) in [7, 11) is 1.66. The topological polar surface area (TPSA) is 77.4 Å². The molecular weight excluding hydrogens is 332 g/mol. The molecule has 2 heterocycles. The number of hydrogen-bond acceptors (Lipinski definition) is 4. The Labute approximate surface area is 150 Å². The summed E-state index contributed by atoms with van der Waals surface area (Å²) in [5.74, 6) is 0.821. The molecule has 0 unspecified atom stereocenters. The number of nitrogens with one attached hydrogen (secondary N) is 2. The first-order valence-electron chi connectivity index (χ1n) is 8.48. The van der Waals surface area contributed by atoms with Crippen molar-refractivity contribution in [3.05, 3.63) is 54.2 Å². The average molecular weight is 352 g/mol. The number of rotatable bonds is 5. The Morgan fingerprint density at radius 3 is 3.12 bits per heavy atom. The van der Waals surface area contributed by atoms with Gasteiger partial charge in [-0.1, -0.05) is 18.2 Å². The molecule has 4 rings (SSSR count). The molecule has 2 amide bonds. The van der Waals surface area contributed by atoms with Crippen LogP contribution in [0.2, 0.25) is 0 Å². The fraction of sp³-hybridized carbons (Fsp3) is 0.263. The van der Waals surface area contributed by atoms with Gasteiger partial charge in [0.1, 0.15) is 12.4 Å². The Balaban J connectivity index is 1.46. The number of aromatic nitrogens is 2. The fourth-order valence-electron chi connectivity index (χ4n) is 3.11. The van der Waals surface area contributed by atoms with Crippen LogP contribution in [0.15, 0.2) is 48.7 Å². The van der Waals surface area contributed by atoms with Gasteiger partial charge in [-0.15, -0.1) is 0 Å². The third-order valence-corrected chi connectivity index (χ3v) is 4.42. The average Bonchev–Trinajstić information content (AvgIpc) is 3.24. The van der Waals surface area contributed by atoms with Crippen LogP contribution in [0.3, 0.4) is 0 Å². The quantitative estimate of drug-likeness (QED) is 0.740. The van der Waals surface area contributed by atoms with Crippen LogP contribution < -0.4 is 15.4 Å². The smallest absolute Gasteiger partial charge is 0.319 e. The van der Waals surface area contributed by atoms with E-state index in [1.165, 1.54) is 0 Å². The Hall–Kier alpha value is -3.06. The van der Waals surface area contributed by atoms with Crippen LogP contribution in [0.25, 0.3) is 10.9 Å². The molecule has 7 heteroatoms. The Kier molecular flexibility index (Phi) is 4.45. The van der Waals surface area contributed by atoms with Crippen LogP contribution in [0.4, 0.5) is 10.5 Å². The first-order valence-corrected chi connectivity index (χ1v) is 8.48. The van der Waals surface area contributed by atoms with Crippen molar-refractivity contribution in [3.8, 4) is 5.75 Å². The van der Waals surface area contributed by atoms with Gasteiger partial charge in [-0.25, -0.2) is 4.79 Å². The standard InChI is InChI=1S/C19H20N4O3/c1-25-9-8-23-17-10-14(7-6-13(17)11-20-23)21-19(24)22-16-12-26-18-5-3-2-4-15(16)18/h2-7,10-11,16H,8-9,12H2,1H3,(H2,21,22,24)/t16-/m0/s1. The van der Waals surface area contributed by atoms with Crippen molar-refractivity contribution < 1.29 is 14.3 Å². The van der Waals surface area contributed by atoms with E-state index in [0.717, 1.165) is 22.2 Å². The summed E-state index contributed by atoms with van der Waals surface area (Å²) in [6, 6.07) is 13.0. The zero-order chi connectivity index (χ0) is 17.9. The lowest BCUT2D eigenvalue weighted by molar-refractivity contribution is 0.185. The summed E-state index contributed by atoms with van der Waals surface area (Å²) in [6.45, 7) is 1.68. The molecule has 2 N–H and O–H groups in total. The highest BCUT2D eigenvalue weighted by Gasteiger charge is 2.25. The number of carbonyl (C=O) groups excluding carboxylic acids is 1. The normalized spacial score (nSPS) is 15.5. The SMILES string of the molecule is COCCn1ncc2ccc(NC(=O)N[C@H]3COc4ccccc43)cc21. The summed E-state index contributed by atoms with van der Waals surface area (Å²) < 4.78 is 12.6. The number of carbonyl (C=O) groups is 1. The zero-order valence-electron chi connectivity index (χ0n) is 14.4. The largest absolute Gasteiger partial charge is 0.491 e. The Bertz CT molecular complexity index is 937. The Morgan fingerprint density at radius 1 is 1.35 bits per heavy atom. The summed E-state index contributed by atoms with van der Waals surface area (Å²) in [5.41, 5.74) is 2.66. The van der Waals surface area contributed by atoms with E-state index in [-0.39, 0.29) is 12.1 Å². The molecule has 0 spiro atoms. The summed E-state index contributed by atoms with van der Waals surface area (Å²) in [5, 5.41) is 11.2. The second kappa shape index (κ2) is 7.05. The number of ether oxygens (including phenoxy) is 2. The van der Waals surface area contributed by atoms with Crippen molar-refractivity contribution in [1.82, 2.24) is 15.1 Å². The number of amides is 2. The number of para-hydroxylation sites is 1. The lowest BCUT2D eigenvalue weighted by atomic mass is 10.1. The number of fused-ring (bicyclic) bond motifs is 2. The second-order valence-electron chi connectivity index (χ2n) is 6.13. The molecular formula is C19H20N4O3. The van der Waals surface area contributed by atoms with Crippen LogP contribution in [0.5, 0.6) is 5.75 Å². The molecule has 0 bridgehead atoms. The van der Waals surface area contributed by atoms with Crippen LogP contribution in [-0.2, 0) is 11.3 Å². The number of hydrogen-bond donors (Lipinski definition) is 2. The maximum absolute atomic E-state index is 12.4. The first-order chi connectivity index (χ1) is 12.7. The molecule has 7 nitrogen and oxygen atoms in total. The minimum absolute atomic E-state index is 0.151. The third-order valence-electron chi connectivity index (χ3n) is 4.42. The van der Waals surface area contributed by atoms with Crippen molar-refractivity contribution in [2.24, 2.45) is 0 Å². The Morgan fingerprint density at radius 2 is 2.23 bits per heavy atom. The van der Waals surface area contributed by atoms with Gasteiger partial charge in [0.05, 0.1) is 30.9 Å². The molecule has 0 saturated carbocycles. The molecule has 1 aromatic heterocycles. The van der Waals surface area contributed by atoms with Crippen LogP contribution in [0, 0.1) is 0 Å². The van der Waals surface area contributed by atoms with Gasteiger partial charge in [-0.05, 0) is 24.3 Å². The summed E-state index contributed by atoms with van der Waals surface area (Å²) in [6.07, 6.45) is 1.81. The van der Waals surface area contributed by atoms with Crippen molar-refractivity contribution in [3.63, 3.8) is 0 Å². The molecule has 0 saturated heterocycles. The molecule has 26 heavy (non-hydrogen) atoms. The van der Waals surface area contributed by atoms with Gasteiger partial charge in [0.25, 0.3) is 0 Å². The van der Waals surface area contributed by atoms with Gasteiger partial charge >= 0.3 is 6.03 Å². The van der Waals surface area contributed by atoms with Crippen LogP contribution in [-0.4, -0.2) is 36.1 Å². The number of methoxy groups -OCH3 is 1. The van der Waals surface area contributed by atoms with E-state index in [9.17, 15) is 4.79 Å². The van der Waals surface area contributed by atoms with Gasteiger partial charge in [0.2, 0.25) is 0 Å². The van der Waals surface area contributed by atoms with Crippen LogP contribution in [0.1, 0.15) is 11.6 Å². The minimum Gasteiger partial charge on any atom is -0.491 e. The maximum atomic E-state index is 12.4. The molecule has 3 aromatic rings. The molecule has 0 fully saturated rings. The third kappa shape index (κ3) is 3.21. The number of anilines is 1. The predicted octanol–water partition coefficient (Wildman–Crippen LogP) is 2.94. The lowest BCUT2D eigenvalue weighted by Gasteiger charge is -2.13. The van der Waals surface area contributed by atoms with E-state index in [2.05, 4.69) is 15.7 Å². The van der Waals surface area contributed by atoms with E-state index in [1.54, 1.807) is 7.11 Å². The lowest BCUT2D eigenvalue weighted by Crippen LogP contribution is -2.33. The van der Waals surface area contributed by atoms with Gasteiger partial charge < -0.3 is 20.1 Å². The molecule has 0 aliphatic carbocycles. The molecule has 1 aliphatic rings. The molecule has 2 aromatic carbocycles. The maximum Gasteiger partial charge on any atom is 0.319 e. The molecule has 0 radical (unpaired) electrons. The minimum atomic E-state index is -0.266. The van der Waals surface area contributed by atoms with E-state index >= 15 is 0 Å². The predicted molar refractivity (Wildman–Crippen MR) is 98.4 cm³/mol. The van der Waals surface area contributed by atoms with E-state index in [1.807, 2.05) is 53.3 Å². The van der Waals surface area contributed by atoms with Crippen molar-refractivity contribution in [2.45, 2.75) is 12.6 Å².